The van der Waals surface area contributed by atoms with Gasteiger partial charge >= 0.3 is 0 Å². The van der Waals surface area contributed by atoms with Crippen LogP contribution in [-0.2, 0) is 0 Å². The Bertz CT molecular complexity index is 184. The van der Waals surface area contributed by atoms with Crippen LogP contribution in [0.15, 0.2) is 0 Å². The molecule has 0 bridgehead atoms. The van der Waals surface area contributed by atoms with Crippen molar-refractivity contribution in [3.05, 3.63) is 0 Å². The van der Waals surface area contributed by atoms with Crippen molar-refractivity contribution in [3.63, 3.8) is 0 Å². The summed E-state index contributed by atoms with van der Waals surface area (Å²) < 4.78 is 0. The van der Waals surface area contributed by atoms with Gasteiger partial charge in [-0.15, -0.1) is 0 Å². The normalized spacial score (nSPS) is 11.0. The van der Waals surface area contributed by atoms with Gasteiger partial charge in [-0.3, -0.25) is 9.80 Å². The van der Waals surface area contributed by atoms with Gasteiger partial charge in [0, 0.05) is 58.9 Å². The van der Waals surface area contributed by atoms with Crippen molar-refractivity contribution >= 4 is 0 Å². The van der Waals surface area contributed by atoms with Gasteiger partial charge < -0.3 is 36.6 Å². The molecule has 0 rings (SSSR count). The minimum absolute atomic E-state index is 0.0694. The van der Waals surface area contributed by atoms with Crippen LogP contribution in [0.5, 0.6) is 0 Å². The molecule has 0 radical (unpaired) electrons. The third kappa shape index (κ3) is 19.6. The number of nitrogens with two attached hydrogens (primary N) is 1. The maximum Gasteiger partial charge on any atom is 0.0558 e. The summed E-state index contributed by atoms with van der Waals surface area (Å²) >= 11 is 0. The molecule has 0 aliphatic rings. The molecule has 0 heterocycles. The molecule has 142 valence electrons. The second kappa shape index (κ2) is 21.6. The lowest BCUT2D eigenvalue weighted by Gasteiger charge is -2.25. The summed E-state index contributed by atoms with van der Waals surface area (Å²) in [6.45, 7) is 6.11. The first-order valence-corrected chi connectivity index (χ1v) is 8.09. The first-order chi connectivity index (χ1) is 11.2. The molecular formula is C14H36N4O5. The standard InChI is InChI=1S/C10H24N2O4.C4H12N2O/c13-7-3-11(4-8-14)1-2-12(5-9-15)6-10-16;5-1-2-6-3-4-7/h13-16H,1-10H2;6-7H,1-5H2. The Kier molecular flexibility index (Phi) is 23.4. The lowest BCUT2D eigenvalue weighted by molar-refractivity contribution is 0.121. The summed E-state index contributed by atoms with van der Waals surface area (Å²) in [5.41, 5.74) is 5.13. The van der Waals surface area contributed by atoms with Crippen molar-refractivity contribution in [1.82, 2.24) is 15.1 Å². The van der Waals surface area contributed by atoms with Gasteiger partial charge in [0.05, 0.1) is 33.0 Å². The van der Waals surface area contributed by atoms with Crippen LogP contribution >= 0.6 is 0 Å². The maximum atomic E-state index is 8.82. The fourth-order valence-corrected chi connectivity index (χ4v) is 1.83. The Labute approximate surface area is 139 Å². The van der Waals surface area contributed by atoms with Gasteiger partial charge in [-0.1, -0.05) is 0 Å². The van der Waals surface area contributed by atoms with Gasteiger partial charge in [0.25, 0.3) is 0 Å². The van der Waals surface area contributed by atoms with E-state index in [2.05, 4.69) is 5.32 Å². The van der Waals surface area contributed by atoms with Crippen molar-refractivity contribution in [2.24, 2.45) is 5.73 Å². The molecule has 0 aromatic heterocycles. The van der Waals surface area contributed by atoms with Gasteiger partial charge in [0.15, 0.2) is 0 Å². The summed E-state index contributed by atoms with van der Waals surface area (Å²) in [6.07, 6.45) is 0. The van der Waals surface area contributed by atoms with E-state index in [1.165, 1.54) is 0 Å². The summed E-state index contributed by atoms with van der Waals surface area (Å²) in [4.78, 5) is 3.89. The van der Waals surface area contributed by atoms with E-state index in [9.17, 15) is 0 Å². The smallest absolute Gasteiger partial charge is 0.0558 e. The summed E-state index contributed by atoms with van der Waals surface area (Å²) in [5.74, 6) is 0. The van der Waals surface area contributed by atoms with Crippen LogP contribution in [0.3, 0.4) is 0 Å². The van der Waals surface area contributed by atoms with Crippen LogP contribution in [0, 0.1) is 0 Å². The molecule has 0 aliphatic heterocycles. The quantitative estimate of drug-likeness (QED) is 0.149. The maximum absolute atomic E-state index is 8.82. The van der Waals surface area contributed by atoms with E-state index in [1.807, 2.05) is 9.80 Å². The average molecular weight is 340 g/mol. The number of hydrogen-bond donors (Lipinski definition) is 7. The summed E-state index contributed by atoms with van der Waals surface area (Å²) in [7, 11) is 0. The third-order valence-corrected chi connectivity index (χ3v) is 3.01. The minimum atomic E-state index is 0.0694. The highest BCUT2D eigenvalue weighted by molar-refractivity contribution is 4.62. The number of rotatable bonds is 15. The van der Waals surface area contributed by atoms with Crippen LogP contribution in [-0.4, -0.2) is 127 Å². The fraction of sp³-hybridized carbons (Fsp3) is 1.00. The fourth-order valence-electron chi connectivity index (χ4n) is 1.83. The average Bonchev–Trinajstić information content (AvgIpc) is 2.54. The summed E-state index contributed by atoms with van der Waals surface area (Å²) in [5, 5.41) is 46.4. The summed E-state index contributed by atoms with van der Waals surface area (Å²) in [6, 6.07) is 0. The van der Waals surface area contributed by atoms with Crippen LogP contribution < -0.4 is 11.1 Å². The number of nitrogens with one attached hydrogen (secondary N) is 1. The number of aliphatic hydroxyl groups is 5. The van der Waals surface area contributed by atoms with Gasteiger partial charge in [-0.25, -0.2) is 0 Å². The van der Waals surface area contributed by atoms with Crippen molar-refractivity contribution in [2.45, 2.75) is 0 Å². The molecule has 0 amide bonds. The molecule has 0 aromatic rings. The Morgan fingerprint density at radius 3 is 1.22 bits per heavy atom. The Hall–Kier alpha value is -0.360. The second-order valence-corrected chi connectivity index (χ2v) is 4.84. The molecule has 9 heteroatoms. The number of hydrogen-bond acceptors (Lipinski definition) is 9. The van der Waals surface area contributed by atoms with Crippen LogP contribution in [0.4, 0.5) is 0 Å². The lowest BCUT2D eigenvalue weighted by atomic mass is 10.4. The minimum Gasteiger partial charge on any atom is -0.395 e. The molecule has 9 nitrogen and oxygen atoms in total. The van der Waals surface area contributed by atoms with E-state index in [0.29, 0.717) is 52.4 Å². The molecule has 0 unspecified atom stereocenters. The number of aliphatic hydroxyl groups excluding tert-OH is 5. The van der Waals surface area contributed by atoms with E-state index in [-0.39, 0.29) is 33.0 Å². The van der Waals surface area contributed by atoms with Crippen molar-refractivity contribution in [2.75, 3.05) is 91.9 Å². The highest BCUT2D eigenvalue weighted by Gasteiger charge is 2.07. The Morgan fingerprint density at radius 2 is 0.957 bits per heavy atom. The van der Waals surface area contributed by atoms with Gasteiger partial charge in [0.1, 0.15) is 0 Å². The second-order valence-electron chi connectivity index (χ2n) is 4.84. The van der Waals surface area contributed by atoms with E-state index in [0.717, 1.165) is 6.54 Å². The first kappa shape index (κ1) is 24.9. The Balaban J connectivity index is 0. The van der Waals surface area contributed by atoms with Crippen molar-refractivity contribution < 1.29 is 25.5 Å². The van der Waals surface area contributed by atoms with E-state index >= 15 is 0 Å². The monoisotopic (exact) mass is 340 g/mol. The Morgan fingerprint density at radius 1 is 0.565 bits per heavy atom. The van der Waals surface area contributed by atoms with Gasteiger partial charge in [0.2, 0.25) is 0 Å². The highest BCUT2D eigenvalue weighted by Crippen LogP contribution is 1.92. The first-order valence-electron chi connectivity index (χ1n) is 8.09. The molecule has 0 aromatic carbocycles. The van der Waals surface area contributed by atoms with E-state index < -0.39 is 0 Å². The molecule has 8 N–H and O–H groups in total. The van der Waals surface area contributed by atoms with Crippen molar-refractivity contribution in [3.8, 4) is 0 Å². The van der Waals surface area contributed by atoms with Crippen molar-refractivity contribution in [1.29, 1.82) is 0 Å². The zero-order valence-electron chi connectivity index (χ0n) is 14.1. The molecule has 0 saturated heterocycles. The lowest BCUT2D eigenvalue weighted by Crippen LogP contribution is -2.40. The highest BCUT2D eigenvalue weighted by atomic mass is 16.3. The molecule has 23 heavy (non-hydrogen) atoms. The third-order valence-electron chi connectivity index (χ3n) is 3.01. The van der Waals surface area contributed by atoms with Crippen LogP contribution in [0.2, 0.25) is 0 Å². The predicted molar refractivity (Wildman–Crippen MR) is 90.2 cm³/mol. The molecule has 0 atom stereocenters. The van der Waals surface area contributed by atoms with E-state index in [1.54, 1.807) is 0 Å². The van der Waals surface area contributed by atoms with Crippen LogP contribution in [0.1, 0.15) is 0 Å². The predicted octanol–water partition coefficient (Wildman–Crippen LogP) is -3.91. The number of nitrogens with zero attached hydrogens (tertiary/aromatic N) is 2. The molecular weight excluding hydrogens is 304 g/mol. The van der Waals surface area contributed by atoms with Crippen LogP contribution in [0.25, 0.3) is 0 Å². The largest absolute Gasteiger partial charge is 0.395 e. The molecule has 0 saturated carbocycles. The SMILES string of the molecule is NCCNCCO.OCCN(CCO)CCN(CCO)CCO. The van der Waals surface area contributed by atoms with E-state index in [4.69, 9.17) is 31.3 Å². The zero-order valence-corrected chi connectivity index (χ0v) is 14.1. The topological polar surface area (TPSA) is 146 Å². The molecule has 0 fully saturated rings. The van der Waals surface area contributed by atoms with Gasteiger partial charge in [-0.05, 0) is 0 Å². The molecule has 0 aliphatic carbocycles. The molecule has 0 spiro atoms. The zero-order chi connectivity index (χ0) is 17.8. The van der Waals surface area contributed by atoms with Gasteiger partial charge in [-0.2, -0.15) is 0 Å².